The molecule has 122 valence electrons. The van der Waals surface area contributed by atoms with Gasteiger partial charge in [0.2, 0.25) is 5.91 Å². The number of benzene rings is 2. The lowest BCUT2D eigenvalue weighted by Gasteiger charge is -2.07. The summed E-state index contributed by atoms with van der Waals surface area (Å²) in [6.07, 6.45) is 2.34. The van der Waals surface area contributed by atoms with Crippen LogP contribution in [0.2, 0.25) is 0 Å². The van der Waals surface area contributed by atoms with Crippen molar-refractivity contribution in [2.24, 2.45) is 0 Å². The SMILES string of the molecule is Nc1ccccc1CCC(=O)NCCCc1ccc(Br)cc1F. The predicted octanol–water partition coefficient (Wildman–Crippen LogP) is 3.85. The molecule has 0 aliphatic carbocycles. The number of rotatable bonds is 7. The van der Waals surface area contributed by atoms with Gasteiger partial charge in [-0.2, -0.15) is 0 Å². The maximum absolute atomic E-state index is 13.7. The van der Waals surface area contributed by atoms with Crippen molar-refractivity contribution in [1.29, 1.82) is 0 Å². The number of para-hydroxylation sites is 1. The number of hydrogen-bond acceptors (Lipinski definition) is 2. The van der Waals surface area contributed by atoms with Gasteiger partial charge in [-0.3, -0.25) is 4.79 Å². The van der Waals surface area contributed by atoms with Gasteiger partial charge in [0.15, 0.2) is 0 Å². The van der Waals surface area contributed by atoms with Crippen LogP contribution in [-0.4, -0.2) is 12.5 Å². The Hall–Kier alpha value is -1.88. The van der Waals surface area contributed by atoms with Gasteiger partial charge in [0.25, 0.3) is 0 Å². The van der Waals surface area contributed by atoms with Crippen molar-refractivity contribution in [3.05, 3.63) is 63.9 Å². The Kier molecular flexibility index (Phi) is 6.59. The first kappa shape index (κ1) is 17.5. The normalized spacial score (nSPS) is 10.5. The van der Waals surface area contributed by atoms with Crippen LogP contribution in [0.1, 0.15) is 24.0 Å². The smallest absolute Gasteiger partial charge is 0.220 e. The summed E-state index contributed by atoms with van der Waals surface area (Å²) in [5.41, 5.74) is 8.21. The molecule has 2 aromatic rings. The monoisotopic (exact) mass is 378 g/mol. The van der Waals surface area contributed by atoms with Crippen molar-refractivity contribution in [2.45, 2.75) is 25.7 Å². The van der Waals surface area contributed by atoms with E-state index < -0.39 is 0 Å². The molecule has 0 spiro atoms. The fourth-order valence-corrected chi connectivity index (χ4v) is 2.66. The molecule has 0 fully saturated rings. The van der Waals surface area contributed by atoms with Gasteiger partial charge in [0, 0.05) is 23.1 Å². The number of amides is 1. The molecule has 0 saturated heterocycles. The minimum absolute atomic E-state index is 0.00969. The van der Waals surface area contributed by atoms with Gasteiger partial charge in [-0.15, -0.1) is 0 Å². The van der Waals surface area contributed by atoms with Crippen molar-refractivity contribution in [3.8, 4) is 0 Å². The van der Waals surface area contributed by atoms with Crippen LogP contribution in [0.15, 0.2) is 46.9 Å². The van der Waals surface area contributed by atoms with E-state index in [1.54, 1.807) is 6.07 Å². The number of carbonyl (C=O) groups excluding carboxylic acids is 1. The van der Waals surface area contributed by atoms with Gasteiger partial charge < -0.3 is 11.1 Å². The molecule has 3 N–H and O–H groups in total. The molecular formula is C18H20BrFN2O. The molecule has 0 radical (unpaired) electrons. The van der Waals surface area contributed by atoms with E-state index >= 15 is 0 Å². The Morgan fingerprint density at radius 2 is 1.91 bits per heavy atom. The molecule has 0 heterocycles. The van der Waals surface area contributed by atoms with Gasteiger partial charge in [0.1, 0.15) is 5.82 Å². The van der Waals surface area contributed by atoms with Crippen molar-refractivity contribution in [2.75, 3.05) is 12.3 Å². The highest BCUT2D eigenvalue weighted by atomic mass is 79.9. The third kappa shape index (κ3) is 5.67. The average molecular weight is 379 g/mol. The lowest BCUT2D eigenvalue weighted by atomic mass is 10.1. The van der Waals surface area contributed by atoms with E-state index in [0.717, 1.165) is 10.0 Å². The van der Waals surface area contributed by atoms with Crippen LogP contribution < -0.4 is 11.1 Å². The Bertz CT molecular complexity index is 676. The number of carbonyl (C=O) groups is 1. The Morgan fingerprint density at radius 1 is 1.13 bits per heavy atom. The van der Waals surface area contributed by atoms with Crippen LogP contribution in [0.4, 0.5) is 10.1 Å². The van der Waals surface area contributed by atoms with Gasteiger partial charge in [-0.1, -0.05) is 40.2 Å². The first-order valence-corrected chi connectivity index (χ1v) is 8.39. The number of hydrogen-bond donors (Lipinski definition) is 2. The lowest BCUT2D eigenvalue weighted by molar-refractivity contribution is -0.121. The minimum Gasteiger partial charge on any atom is -0.399 e. The van der Waals surface area contributed by atoms with Crippen LogP contribution in [0.25, 0.3) is 0 Å². The van der Waals surface area contributed by atoms with Crippen LogP contribution in [-0.2, 0) is 17.6 Å². The zero-order valence-corrected chi connectivity index (χ0v) is 14.4. The fourth-order valence-electron chi connectivity index (χ4n) is 2.33. The number of halogens is 2. The zero-order valence-electron chi connectivity index (χ0n) is 12.8. The lowest BCUT2D eigenvalue weighted by Crippen LogP contribution is -2.25. The second-order valence-electron chi connectivity index (χ2n) is 5.39. The highest BCUT2D eigenvalue weighted by Gasteiger charge is 2.05. The molecule has 0 aliphatic rings. The summed E-state index contributed by atoms with van der Waals surface area (Å²) in [6.45, 7) is 0.540. The third-order valence-corrected chi connectivity index (χ3v) is 4.13. The van der Waals surface area contributed by atoms with E-state index in [2.05, 4.69) is 21.2 Å². The molecule has 0 saturated carbocycles. The molecule has 0 bridgehead atoms. The first-order chi connectivity index (χ1) is 11.1. The van der Waals surface area contributed by atoms with E-state index in [0.29, 0.717) is 43.5 Å². The van der Waals surface area contributed by atoms with Crippen LogP contribution >= 0.6 is 15.9 Å². The molecule has 2 aromatic carbocycles. The molecule has 3 nitrogen and oxygen atoms in total. The number of nitrogen functional groups attached to an aromatic ring is 1. The topological polar surface area (TPSA) is 55.1 Å². The van der Waals surface area contributed by atoms with Crippen LogP contribution in [0, 0.1) is 5.82 Å². The molecule has 23 heavy (non-hydrogen) atoms. The average Bonchev–Trinajstić information content (AvgIpc) is 2.52. The Balaban J connectivity index is 1.68. The summed E-state index contributed by atoms with van der Waals surface area (Å²) in [7, 11) is 0. The summed E-state index contributed by atoms with van der Waals surface area (Å²) in [6, 6.07) is 12.6. The van der Waals surface area contributed by atoms with Crippen molar-refractivity contribution in [3.63, 3.8) is 0 Å². The molecular weight excluding hydrogens is 359 g/mol. The second-order valence-corrected chi connectivity index (χ2v) is 6.30. The summed E-state index contributed by atoms with van der Waals surface area (Å²) in [4.78, 5) is 11.8. The molecule has 0 aromatic heterocycles. The molecule has 0 unspecified atom stereocenters. The van der Waals surface area contributed by atoms with Gasteiger partial charge in [-0.25, -0.2) is 4.39 Å². The largest absolute Gasteiger partial charge is 0.399 e. The summed E-state index contributed by atoms with van der Waals surface area (Å²) < 4.78 is 14.4. The van der Waals surface area contributed by atoms with E-state index in [1.807, 2.05) is 30.3 Å². The van der Waals surface area contributed by atoms with E-state index in [9.17, 15) is 9.18 Å². The zero-order chi connectivity index (χ0) is 16.7. The van der Waals surface area contributed by atoms with Gasteiger partial charge >= 0.3 is 0 Å². The second kappa shape index (κ2) is 8.67. The van der Waals surface area contributed by atoms with Crippen molar-refractivity contribution in [1.82, 2.24) is 5.32 Å². The maximum Gasteiger partial charge on any atom is 0.220 e. The number of anilines is 1. The molecule has 1 amide bonds. The molecule has 2 rings (SSSR count). The summed E-state index contributed by atoms with van der Waals surface area (Å²) in [5.74, 6) is -0.227. The van der Waals surface area contributed by atoms with E-state index in [4.69, 9.17) is 5.73 Å². The van der Waals surface area contributed by atoms with Gasteiger partial charge in [-0.05, 0) is 48.6 Å². The molecule has 5 heteroatoms. The predicted molar refractivity (Wildman–Crippen MR) is 94.6 cm³/mol. The van der Waals surface area contributed by atoms with Gasteiger partial charge in [0.05, 0.1) is 0 Å². The quantitative estimate of drug-likeness (QED) is 0.567. The highest BCUT2D eigenvalue weighted by molar-refractivity contribution is 9.10. The molecule has 0 aliphatic heterocycles. The molecule has 0 atom stereocenters. The first-order valence-electron chi connectivity index (χ1n) is 7.60. The van der Waals surface area contributed by atoms with Crippen LogP contribution in [0.3, 0.4) is 0 Å². The van der Waals surface area contributed by atoms with E-state index in [-0.39, 0.29) is 11.7 Å². The Morgan fingerprint density at radius 3 is 2.65 bits per heavy atom. The standard InChI is InChI=1S/C18H20BrFN2O/c19-15-9-7-13(16(20)12-15)5-3-11-22-18(23)10-8-14-4-1-2-6-17(14)21/h1-2,4,6-7,9,12H,3,5,8,10-11,21H2,(H,22,23). The van der Waals surface area contributed by atoms with Crippen molar-refractivity contribution >= 4 is 27.5 Å². The highest BCUT2D eigenvalue weighted by Crippen LogP contribution is 2.16. The summed E-state index contributed by atoms with van der Waals surface area (Å²) in [5, 5.41) is 2.86. The Labute approximate surface area is 144 Å². The number of aryl methyl sites for hydroxylation is 2. The van der Waals surface area contributed by atoms with Crippen LogP contribution in [0.5, 0.6) is 0 Å². The minimum atomic E-state index is -0.217. The summed E-state index contributed by atoms with van der Waals surface area (Å²) >= 11 is 3.23. The number of nitrogens with one attached hydrogen (secondary N) is 1. The third-order valence-electron chi connectivity index (χ3n) is 3.64. The maximum atomic E-state index is 13.7. The number of nitrogens with two attached hydrogens (primary N) is 1. The fraction of sp³-hybridized carbons (Fsp3) is 0.278. The van der Waals surface area contributed by atoms with E-state index in [1.165, 1.54) is 6.07 Å². The van der Waals surface area contributed by atoms with Crippen molar-refractivity contribution < 1.29 is 9.18 Å².